The number of anilines is 1. The van der Waals surface area contributed by atoms with Crippen molar-refractivity contribution in [3.63, 3.8) is 0 Å². The summed E-state index contributed by atoms with van der Waals surface area (Å²) in [7, 11) is 0. The summed E-state index contributed by atoms with van der Waals surface area (Å²) >= 11 is 0. The Balaban J connectivity index is 2.97. The van der Waals surface area contributed by atoms with Crippen molar-refractivity contribution in [1.82, 2.24) is 0 Å². The van der Waals surface area contributed by atoms with Gasteiger partial charge in [-0.2, -0.15) is 0 Å². The topological polar surface area (TPSA) is 54.5 Å². The Kier molecular flexibility index (Phi) is 3.94. The molecule has 2 amide bonds. The van der Waals surface area contributed by atoms with Gasteiger partial charge in [0, 0.05) is 6.92 Å². The summed E-state index contributed by atoms with van der Waals surface area (Å²) in [6.45, 7) is 2.62. The summed E-state index contributed by atoms with van der Waals surface area (Å²) in [5, 5.41) is 0. The van der Waals surface area contributed by atoms with E-state index in [9.17, 15) is 14.4 Å². The number of hydrogen-bond acceptors (Lipinski definition) is 3. The van der Waals surface area contributed by atoms with E-state index in [4.69, 9.17) is 0 Å². The summed E-state index contributed by atoms with van der Waals surface area (Å²) in [6.07, 6.45) is -0.255. The minimum atomic E-state index is -0.494. The molecule has 0 radical (unpaired) electrons. The maximum absolute atomic E-state index is 11.7. The standard InChI is InChI=1S/C12H13NO3/c1-9(14)8-12(16)13(10(2)15)11-6-4-3-5-7-11/h3-7H,8H2,1-2H3. The van der Waals surface area contributed by atoms with Crippen molar-refractivity contribution in [2.24, 2.45) is 0 Å². The summed E-state index contributed by atoms with van der Waals surface area (Å²) in [6, 6.07) is 8.55. The highest BCUT2D eigenvalue weighted by Gasteiger charge is 2.20. The van der Waals surface area contributed by atoms with Crippen LogP contribution < -0.4 is 4.90 Å². The van der Waals surface area contributed by atoms with Gasteiger partial charge < -0.3 is 0 Å². The van der Waals surface area contributed by atoms with Gasteiger partial charge in [-0.15, -0.1) is 0 Å². The van der Waals surface area contributed by atoms with Crippen LogP contribution >= 0.6 is 0 Å². The maximum Gasteiger partial charge on any atom is 0.241 e. The number of imide groups is 1. The van der Waals surface area contributed by atoms with Crippen LogP contribution in [-0.2, 0) is 14.4 Å². The van der Waals surface area contributed by atoms with E-state index in [1.165, 1.54) is 13.8 Å². The number of rotatable bonds is 3. The Morgan fingerprint density at radius 1 is 1.06 bits per heavy atom. The van der Waals surface area contributed by atoms with Gasteiger partial charge in [-0.25, -0.2) is 0 Å². The molecule has 4 heteroatoms. The first-order chi connectivity index (χ1) is 7.52. The van der Waals surface area contributed by atoms with Gasteiger partial charge >= 0.3 is 0 Å². The van der Waals surface area contributed by atoms with Crippen LogP contribution in [-0.4, -0.2) is 17.6 Å². The molecule has 1 aromatic rings. The molecular weight excluding hydrogens is 206 g/mol. The number of para-hydroxylation sites is 1. The summed E-state index contributed by atoms with van der Waals surface area (Å²) in [4.78, 5) is 34.9. The van der Waals surface area contributed by atoms with Crippen LogP contribution in [0.2, 0.25) is 0 Å². The Morgan fingerprint density at radius 3 is 2.06 bits per heavy atom. The zero-order valence-corrected chi connectivity index (χ0v) is 9.27. The molecule has 0 saturated carbocycles. The SMILES string of the molecule is CC(=O)CC(=O)N(C(C)=O)c1ccccc1. The summed E-state index contributed by atoms with van der Waals surface area (Å²) in [5.41, 5.74) is 0.487. The van der Waals surface area contributed by atoms with Crippen molar-refractivity contribution in [3.8, 4) is 0 Å². The summed E-state index contributed by atoms with van der Waals surface area (Å²) in [5.74, 6) is -1.14. The molecule has 0 atom stereocenters. The number of carbonyl (C=O) groups excluding carboxylic acids is 3. The Bertz CT molecular complexity index is 412. The van der Waals surface area contributed by atoms with Crippen molar-refractivity contribution in [2.45, 2.75) is 20.3 Å². The third-order valence-corrected chi connectivity index (χ3v) is 1.98. The fourth-order valence-electron chi connectivity index (χ4n) is 1.37. The number of amides is 2. The number of hydrogen-bond donors (Lipinski definition) is 0. The molecule has 0 unspecified atom stereocenters. The molecule has 0 N–H and O–H groups in total. The van der Waals surface area contributed by atoms with Crippen LogP contribution in [0, 0.1) is 0 Å². The van der Waals surface area contributed by atoms with Crippen LogP contribution in [0.1, 0.15) is 20.3 Å². The molecule has 84 valence electrons. The average Bonchev–Trinajstić information content (AvgIpc) is 2.17. The van der Waals surface area contributed by atoms with Gasteiger partial charge in [0.2, 0.25) is 11.8 Å². The van der Waals surface area contributed by atoms with Gasteiger partial charge in [-0.3, -0.25) is 19.3 Å². The zero-order valence-electron chi connectivity index (χ0n) is 9.27. The molecule has 0 aliphatic carbocycles. The maximum atomic E-state index is 11.7. The Labute approximate surface area is 93.9 Å². The second-order valence-electron chi connectivity index (χ2n) is 3.46. The first-order valence-electron chi connectivity index (χ1n) is 4.90. The molecule has 0 fully saturated rings. The van der Waals surface area contributed by atoms with E-state index in [-0.39, 0.29) is 12.2 Å². The number of ketones is 1. The lowest BCUT2D eigenvalue weighted by molar-refractivity contribution is -0.128. The van der Waals surface area contributed by atoms with E-state index in [1.807, 2.05) is 0 Å². The fourth-order valence-corrected chi connectivity index (χ4v) is 1.37. The van der Waals surface area contributed by atoms with Crippen LogP contribution in [0.5, 0.6) is 0 Å². The van der Waals surface area contributed by atoms with Gasteiger partial charge in [0.1, 0.15) is 5.78 Å². The van der Waals surface area contributed by atoms with Crippen LogP contribution in [0.25, 0.3) is 0 Å². The Morgan fingerprint density at radius 2 is 1.62 bits per heavy atom. The molecule has 1 rings (SSSR count). The van der Waals surface area contributed by atoms with Crippen LogP contribution in [0.4, 0.5) is 5.69 Å². The van der Waals surface area contributed by atoms with Gasteiger partial charge in [0.25, 0.3) is 0 Å². The third-order valence-electron chi connectivity index (χ3n) is 1.98. The zero-order chi connectivity index (χ0) is 12.1. The molecule has 0 bridgehead atoms. The molecule has 1 aromatic carbocycles. The van der Waals surface area contributed by atoms with Crippen molar-refractivity contribution in [1.29, 1.82) is 0 Å². The predicted molar refractivity (Wildman–Crippen MR) is 59.9 cm³/mol. The predicted octanol–water partition coefficient (Wildman–Crippen LogP) is 1.55. The molecule has 4 nitrogen and oxygen atoms in total. The monoisotopic (exact) mass is 219 g/mol. The van der Waals surface area contributed by atoms with E-state index in [0.29, 0.717) is 5.69 Å². The van der Waals surface area contributed by atoms with Crippen LogP contribution in [0.3, 0.4) is 0 Å². The minimum Gasteiger partial charge on any atom is -0.299 e. The Hall–Kier alpha value is -1.97. The number of Topliss-reactive ketones (excluding diaryl/α,β-unsaturated/α-hetero) is 1. The van der Waals surface area contributed by atoms with Crippen molar-refractivity contribution < 1.29 is 14.4 Å². The quantitative estimate of drug-likeness (QED) is 0.725. The molecular formula is C12H13NO3. The lowest BCUT2D eigenvalue weighted by atomic mass is 10.2. The molecule has 16 heavy (non-hydrogen) atoms. The van der Waals surface area contributed by atoms with Gasteiger partial charge in [-0.05, 0) is 19.1 Å². The number of carbonyl (C=O) groups is 3. The first kappa shape index (κ1) is 12.1. The molecule has 0 spiro atoms. The van der Waals surface area contributed by atoms with Gasteiger partial charge in [0.15, 0.2) is 0 Å². The minimum absolute atomic E-state index is 0.255. The fraction of sp³-hybridized carbons (Fsp3) is 0.250. The highest BCUT2D eigenvalue weighted by Crippen LogP contribution is 2.14. The third kappa shape index (κ3) is 3.02. The molecule has 0 heterocycles. The van der Waals surface area contributed by atoms with Crippen LogP contribution in [0.15, 0.2) is 30.3 Å². The van der Waals surface area contributed by atoms with Crippen molar-refractivity contribution in [2.75, 3.05) is 4.90 Å². The highest BCUT2D eigenvalue weighted by molar-refractivity contribution is 6.18. The number of nitrogens with zero attached hydrogens (tertiary/aromatic N) is 1. The van der Waals surface area contributed by atoms with E-state index < -0.39 is 11.8 Å². The smallest absolute Gasteiger partial charge is 0.241 e. The number of benzene rings is 1. The van der Waals surface area contributed by atoms with Gasteiger partial charge in [-0.1, -0.05) is 18.2 Å². The second kappa shape index (κ2) is 5.21. The largest absolute Gasteiger partial charge is 0.299 e. The second-order valence-corrected chi connectivity index (χ2v) is 3.46. The molecule has 0 aromatic heterocycles. The van der Waals surface area contributed by atoms with Crippen molar-refractivity contribution >= 4 is 23.3 Å². The van der Waals surface area contributed by atoms with E-state index in [2.05, 4.69) is 0 Å². The van der Waals surface area contributed by atoms with Crippen molar-refractivity contribution in [3.05, 3.63) is 30.3 Å². The van der Waals surface area contributed by atoms with Gasteiger partial charge in [0.05, 0.1) is 12.1 Å². The normalized spacial score (nSPS) is 9.62. The van der Waals surface area contributed by atoms with E-state index >= 15 is 0 Å². The molecule has 0 aliphatic rings. The van der Waals surface area contributed by atoms with E-state index in [1.54, 1.807) is 30.3 Å². The lowest BCUT2D eigenvalue weighted by Gasteiger charge is -2.18. The van der Waals surface area contributed by atoms with E-state index in [0.717, 1.165) is 4.90 Å². The average molecular weight is 219 g/mol. The molecule has 0 aliphatic heterocycles. The highest BCUT2D eigenvalue weighted by atomic mass is 16.2. The molecule has 0 saturated heterocycles. The first-order valence-corrected chi connectivity index (χ1v) is 4.90. The lowest BCUT2D eigenvalue weighted by Crippen LogP contribution is -2.36. The summed E-state index contributed by atoms with van der Waals surface area (Å²) < 4.78 is 0.